The standard InChI is InChI=1S/C26H28BrN3O5S2/c1-19-2-8-24(9-3-19)29-37(34,35)25-12-10-23(11-13-25)28-26(31)21-14-16-30(17-15-21)36(32,33)18-20-4-6-22(27)7-5-20/h2-13,21,29H,14-18H2,1H3,(H,28,31). The Kier molecular flexibility index (Phi) is 8.37. The number of piperidine rings is 1. The van der Waals surface area contributed by atoms with Crippen molar-refractivity contribution in [3.8, 4) is 0 Å². The van der Waals surface area contributed by atoms with Gasteiger partial charge in [-0.2, -0.15) is 0 Å². The molecule has 0 bridgehead atoms. The van der Waals surface area contributed by atoms with Crippen LogP contribution in [0.1, 0.15) is 24.0 Å². The molecule has 8 nitrogen and oxygen atoms in total. The number of aryl methyl sites for hydroxylation is 1. The second-order valence-electron chi connectivity index (χ2n) is 9.04. The van der Waals surface area contributed by atoms with Crippen LogP contribution in [-0.4, -0.2) is 40.1 Å². The molecule has 1 heterocycles. The lowest BCUT2D eigenvalue weighted by Gasteiger charge is -2.30. The lowest BCUT2D eigenvalue weighted by molar-refractivity contribution is -0.120. The fourth-order valence-electron chi connectivity index (χ4n) is 4.08. The summed E-state index contributed by atoms with van der Waals surface area (Å²) in [4.78, 5) is 12.9. The summed E-state index contributed by atoms with van der Waals surface area (Å²) >= 11 is 3.34. The number of halogens is 1. The summed E-state index contributed by atoms with van der Waals surface area (Å²) in [5.41, 5.74) is 2.68. The van der Waals surface area contributed by atoms with Crippen molar-refractivity contribution in [2.75, 3.05) is 23.1 Å². The average molecular weight is 607 g/mol. The number of sulfonamides is 2. The first-order valence-electron chi connectivity index (χ1n) is 11.7. The summed E-state index contributed by atoms with van der Waals surface area (Å²) in [6.45, 7) is 2.47. The SMILES string of the molecule is Cc1ccc(NS(=O)(=O)c2ccc(NC(=O)C3CCN(S(=O)(=O)Cc4ccc(Br)cc4)CC3)cc2)cc1. The number of amides is 1. The molecular weight excluding hydrogens is 578 g/mol. The smallest absolute Gasteiger partial charge is 0.261 e. The van der Waals surface area contributed by atoms with Crippen LogP contribution in [0.4, 0.5) is 11.4 Å². The van der Waals surface area contributed by atoms with Crippen molar-refractivity contribution in [2.24, 2.45) is 5.92 Å². The molecule has 0 atom stereocenters. The maximum Gasteiger partial charge on any atom is 0.261 e. The predicted molar refractivity (Wildman–Crippen MR) is 148 cm³/mol. The molecule has 0 saturated carbocycles. The predicted octanol–water partition coefficient (Wildman–Crippen LogP) is 4.74. The molecule has 0 aromatic heterocycles. The van der Waals surface area contributed by atoms with E-state index in [-0.39, 0.29) is 35.6 Å². The molecule has 0 aliphatic carbocycles. The number of nitrogens with one attached hydrogen (secondary N) is 2. The van der Waals surface area contributed by atoms with E-state index in [1.807, 2.05) is 31.2 Å². The molecule has 0 unspecified atom stereocenters. The maximum atomic E-state index is 12.8. The molecule has 0 spiro atoms. The summed E-state index contributed by atoms with van der Waals surface area (Å²) in [6, 6.07) is 20.1. The van der Waals surface area contributed by atoms with Crippen LogP contribution in [0.3, 0.4) is 0 Å². The van der Waals surface area contributed by atoms with Crippen LogP contribution < -0.4 is 10.0 Å². The van der Waals surface area contributed by atoms with Crippen LogP contribution in [0.5, 0.6) is 0 Å². The maximum absolute atomic E-state index is 12.8. The summed E-state index contributed by atoms with van der Waals surface area (Å²) in [5.74, 6) is -0.616. The third-order valence-electron chi connectivity index (χ3n) is 6.22. The van der Waals surface area contributed by atoms with Crippen LogP contribution in [0.25, 0.3) is 0 Å². The molecule has 196 valence electrons. The van der Waals surface area contributed by atoms with Crippen LogP contribution >= 0.6 is 15.9 Å². The molecule has 37 heavy (non-hydrogen) atoms. The van der Waals surface area contributed by atoms with Gasteiger partial charge in [-0.05, 0) is 73.9 Å². The molecule has 1 fully saturated rings. The molecule has 1 aliphatic rings. The zero-order valence-electron chi connectivity index (χ0n) is 20.2. The number of carbonyl (C=O) groups excluding carboxylic acids is 1. The van der Waals surface area contributed by atoms with E-state index in [9.17, 15) is 21.6 Å². The van der Waals surface area contributed by atoms with Gasteiger partial charge in [-0.25, -0.2) is 21.1 Å². The lowest BCUT2D eigenvalue weighted by atomic mass is 9.97. The third kappa shape index (κ3) is 7.19. The first-order valence-corrected chi connectivity index (χ1v) is 15.6. The van der Waals surface area contributed by atoms with Crippen molar-refractivity contribution >= 4 is 53.3 Å². The van der Waals surface area contributed by atoms with E-state index in [0.29, 0.717) is 29.8 Å². The molecule has 0 radical (unpaired) electrons. The fourth-order valence-corrected chi connectivity index (χ4v) is 6.96. The highest BCUT2D eigenvalue weighted by molar-refractivity contribution is 9.10. The normalized spacial score (nSPS) is 15.3. The van der Waals surface area contributed by atoms with Gasteiger partial charge in [0.25, 0.3) is 10.0 Å². The molecule has 4 rings (SSSR count). The highest BCUT2D eigenvalue weighted by Crippen LogP contribution is 2.24. The van der Waals surface area contributed by atoms with Crippen molar-refractivity contribution < 1.29 is 21.6 Å². The van der Waals surface area contributed by atoms with E-state index in [1.165, 1.54) is 16.4 Å². The first-order chi connectivity index (χ1) is 17.5. The zero-order chi connectivity index (χ0) is 26.6. The summed E-state index contributed by atoms with van der Waals surface area (Å²) < 4.78 is 55.8. The van der Waals surface area contributed by atoms with Gasteiger partial charge in [-0.3, -0.25) is 9.52 Å². The Bertz CT molecular complexity index is 1450. The molecule has 2 N–H and O–H groups in total. The van der Waals surface area contributed by atoms with Gasteiger partial charge in [0.15, 0.2) is 0 Å². The minimum atomic E-state index is -3.76. The number of anilines is 2. The Labute approximate surface area is 226 Å². The van der Waals surface area contributed by atoms with E-state index in [2.05, 4.69) is 26.0 Å². The number of benzene rings is 3. The van der Waals surface area contributed by atoms with Gasteiger partial charge in [0.05, 0.1) is 10.6 Å². The average Bonchev–Trinajstić information content (AvgIpc) is 2.87. The fraction of sp³-hybridized carbons (Fsp3) is 0.269. The number of rotatable bonds is 8. The summed E-state index contributed by atoms with van der Waals surface area (Å²) in [6.07, 6.45) is 0.830. The minimum Gasteiger partial charge on any atom is -0.326 e. The number of hydrogen-bond donors (Lipinski definition) is 2. The van der Waals surface area contributed by atoms with Gasteiger partial charge in [0.1, 0.15) is 0 Å². The Hall–Kier alpha value is -2.73. The minimum absolute atomic E-state index is 0.0782. The van der Waals surface area contributed by atoms with E-state index in [1.54, 1.807) is 36.4 Å². The monoisotopic (exact) mass is 605 g/mol. The van der Waals surface area contributed by atoms with E-state index < -0.39 is 20.0 Å². The first kappa shape index (κ1) is 27.3. The van der Waals surface area contributed by atoms with Gasteiger partial charge >= 0.3 is 0 Å². The quantitative estimate of drug-likeness (QED) is 0.385. The second kappa shape index (κ2) is 11.3. The largest absolute Gasteiger partial charge is 0.326 e. The molecule has 1 aliphatic heterocycles. The van der Waals surface area contributed by atoms with Gasteiger partial charge < -0.3 is 5.32 Å². The topological polar surface area (TPSA) is 113 Å². The van der Waals surface area contributed by atoms with Crippen LogP contribution in [0.15, 0.2) is 82.2 Å². The Balaban J connectivity index is 1.30. The lowest BCUT2D eigenvalue weighted by Crippen LogP contribution is -2.41. The van der Waals surface area contributed by atoms with E-state index >= 15 is 0 Å². The van der Waals surface area contributed by atoms with Crippen molar-refractivity contribution in [3.63, 3.8) is 0 Å². The number of nitrogens with zero attached hydrogens (tertiary/aromatic N) is 1. The molecule has 3 aromatic carbocycles. The molecule has 1 amide bonds. The van der Waals surface area contributed by atoms with E-state index in [4.69, 9.17) is 0 Å². The molecule has 3 aromatic rings. The molecule has 1 saturated heterocycles. The van der Waals surface area contributed by atoms with E-state index in [0.717, 1.165) is 10.0 Å². The highest BCUT2D eigenvalue weighted by atomic mass is 79.9. The van der Waals surface area contributed by atoms with Crippen molar-refractivity contribution in [1.29, 1.82) is 0 Å². The summed E-state index contributed by atoms with van der Waals surface area (Å²) in [7, 11) is -7.24. The van der Waals surface area contributed by atoms with Crippen molar-refractivity contribution in [3.05, 3.63) is 88.4 Å². The molecule has 11 heteroatoms. The van der Waals surface area contributed by atoms with Gasteiger partial charge in [-0.1, -0.05) is 45.8 Å². The Morgan fingerprint density at radius 3 is 2.03 bits per heavy atom. The highest BCUT2D eigenvalue weighted by Gasteiger charge is 2.31. The Morgan fingerprint density at radius 1 is 0.865 bits per heavy atom. The Morgan fingerprint density at radius 2 is 1.43 bits per heavy atom. The molecular formula is C26H28BrN3O5S2. The third-order valence-corrected chi connectivity index (χ3v) is 9.99. The van der Waals surface area contributed by atoms with Gasteiger partial charge in [0, 0.05) is 34.9 Å². The van der Waals surface area contributed by atoms with Gasteiger partial charge in [-0.15, -0.1) is 0 Å². The van der Waals surface area contributed by atoms with Crippen LogP contribution in [-0.2, 0) is 30.6 Å². The number of hydrogen-bond acceptors (Lipinski definition) is 5. The second-order valence-corrected chi connectivity index (χ2v) is 13.6. The number of carbonyl (C=O) groups is 1. The van der Waals surface area contributed by atoms with Crippen LogP contribution in [0.2, 0.25) is 0 Å². The van der Waals surface area contributed by atoms with Crippen LogP contribution in [0, 0.1) is 12.8 Å². The van der Waals surface area contributed by atoms with Crippen molar-refractivity contribution in [2.45, 2.75) is 30.4 Å². The van der Waals surface area contributed by atoms with Gasteiger partial charge in [0.2, 0.25) is 15.9 Å². The van der Waals surface area contributed by atoms with Crippen molar-refractivity contribution in [1.82, 2.24) is 4.31 Å². The zero-order valence-corrected chi connectivity index (χ0v) is 23.4. The summed E-state index contributed by atoms with van der Waals surface area (Å²) in [5, 5.41) is 2.82.